The van der Waals surface area contributed by atoms with E-state index < -0.39 is 17.8 Å². The third-order valence-corrected chi connectivity index (χ3v) is 5.51. The average Bonchev–Trinajstić information content (AvgIpc) is 3.44. The maximum Gasteiger partial charge on any atom is 0.329 e. The normalized spacial score (nSPS) is 15.3. The van der Waals surface area contributed by atoms with Crippen LogP contribution in [0.1, 0.15) is 11.3 Å². The van der Waals surface area contributed by atoms with Gasteiger partial charge >= 0.3 is 6.03 Å². The lowest BCUT2D eigenvalue weighted by atomic mass is 10.2. The molecule has 31 heavy (non-hydrogen) atoms. The van der Waals surface area contributed by atoms with Crippen molar-refractivity contribution in [3.8, 4) is 0 Å². The molecule has 1 saturated heterocycles. The first-order valence-electron chi connectivity index (χ1n) is 9.37. The largest absolute Gasteiger partial charge is 0.450 e. The Morgan fingerprint density at radius 2 is 1.87 bits per heavy atom. The Kier molecular flexibility index (Phi) is 4.79. The van der Waals surface area contributed by atoms with Crippen LogP contribution in [0.2, 0.25) is 0 Å². The summed E-state index contributed by atoms with van der Waals surface area (Å²) in [6.45, 7) is -0.153. The highest BCUT2D eigenvalue weighted by molar-refractivity contribution is 7.99. The molecule has 7 nitrogen and oxygen atoms in total. The minimum Gasteiger partial charge on any atom is -0.450 e. The first kappa shape index (κ1) is 19.1. The van der Waals surface area contributed by atoms with E-state index in [1.54, 1.807) is 24.3 Å². The Morgan fingerprint density at radius 3 is 2.71 bits per heavy atom. The number of H-pyrrole nitrogens is 1. The second-order valence-electron chi connectivity index (χ2n) is 6.79. The smallest absolute Gasteiger partial charge is 0.329 e. The number of nitrogens with zero attached hydrogens (tertiary/aromatic N) is 2. The number of furan rings is 1. The number of hydrogen-bond acceptors (Lipinski definition) is 5. The Hall–Kier alpha value is -3.85. The maximum atomic E-state index is 13.9. The number of fused-ring (bicyclic) bond motifs is 1. The summed E-state index contributed by atoms with van der Waals surface area (Å²) < 4.78 is 19.6. The van der Waals surface area contributed by atoms with Crippen LogP contribution in [-0.2, 0) is 11.3 Å². The predicted molar refractivity (Wildman–Crippen MR) is 112 cm³/mol. The van der Waals surface area contributed by atoms with E-state index in [2.05, 4.69) is 15.3 Å². The zero-order valence-corrected chi connectivity index (χ0v) is 16.8. The molecular formula is C22H15FN4O3S. The molecule has 0 spiro atoms. The molecule has 1 aliphatic rings. The molecule has 3 amide bonds. The van der Waals surface area contributed by atoms with Crippen molar-refractivity contribution in [1.82, 2.24) is 20.2 Å². The number of rotatable bonds is 5. The summed E-state index contributed by atoms with van der Waals surface area (Å²) in [5, 5.41) is 3.76. The van der Waals surface area contributed by atoms with Crippen molar-refractivity contribution in [3.63, 3.8) is 0 Å². The van der Waals surface area contributed by atoms with Gasteiger partial charge in [-0.05, 0) is 42.1 Å². The maximum absolute atomic E-state index is 13.9. The van der Waals surface area contributed by atoms with E-state index in [1.807, 2.05) is 24.3 Å². The van der Waals surface area contributed by atoms with Crippen molar-refractivity contribution in [2.45, 2.75) is 16.8 Å². The highest BCUT2D eigenvalue weighted by Gasteiger charge is 2.34. The number of imidazole rings is 1. The van der Waals surface area contributed by atoms with Gasteiger partial charge in [0.2, 0.25) is 0 Å². The molecule has 5 rings (SSSR count). The summed E-state index contributed by atoms with van der Waals surface area (Å²) in [7, 11) is 0. The van der Waals surface area contributed by atoms with E-state index in [4.69, 9.17) is 4.42 Å². The zero-order valence-electron chi connectivity index (χ0n) is 16.0. The predicted octanol–water partition coefficient (Wildman–Crippen LogP) is 4.54. The number of hydrogen-bond donors (Lipinski definition) is 2. The Balaban J connectivity index is 1.31. The van der Waals surface area contributed by atoms with Gasteiger partial charge in [-0.1, -0.05) is 30.3 Å². The van der Waals surface area contributed by atoms with Gasteiger partial charge in [0.1, 0.15) is 17.3 Å². The van der Waals surface area contributed by atoms with Crippen molar-refractivity contribution >= 4 is 40.8 Å². The van der Waals surface area contributed by atoms with Gasteiger partial charge in [0, 0.05) is 11.6 Å². The molecule has 2 aromatic heterocycles. The highest BCUT2D eigenvalue weighted by Crippen LogP contribution is 2.29. The van der Waals surface area contributed by atoms with E-state index in [1.165, 1.54) is 30.0 Å². The van der Waals surface area contributed by atoms with Crippen LogP contribution in [0, 0.1) is 5.82 Å². The standard InChI is InChI=1S/C22H15FN4O3S/c23-15-6-2-1-5-13(15)12-27-20(28)18(26-22(27)29)11-14-9-10-19(30-14)31-21-24-16-7-3-4-8-17(16)25-21/h1-11H,12H2,(H,24,25)(H,26,29)/b18-11+. The number of carbonyl (C=O) groups is 2. The quantitative estimate of drug-likeness (QED) is 0.356. The molecule has 2 N–H and O–H groups in total. The third kappa shape index (κ3) is 3.82. The monoisotopic (exact) mass is 434 g/mol. The fourth-order valence-corrected chi connectivity index (χ4v) is 3.96. The Labute approximate surface area is 180 Å². The first-order chi connectivity index (χ1) is 15.1. The number of benzene rings is 2. The van der Waals surface area contributed by atoms with Crippen LogP contribution >= 0.6 is 11.8 Å². The third-order valence-electron chi connectivity index (χ3n) is 4.70. The number of imide groups is 1. The second-order valence-corrected chi connectivity index (χ2v) is 7.78. The number of urea groups is 1. The van der Waals surface area contributed by atoms with Crippen LogP contribution < -0.4 is 5.32 Å². The highest BCUT2D eigenvalue weighted by atomic mass is 32.2. The lowest BCUT2D eigenvalue weighted by Crippen LogP contribution is -2.30. The van der Waals surface area contributed by atoms with Gasteiger partial charge in [-0.2, -0.15) is 0 Å². The molecule has 0 radical (unpaired) electrons. The first-order valence-corrected chi connectivity index (χ1v) is 10.2. The van der Waals surface area contributed by atoms with E-state index in [0.717, 1.165) is 15.9 Å². The molecule has 9 heteroatoms. The SMILES string of the molecule is O=C1N/C(=C/c2ccc(Sc3nc4ccccc4[nH]3)o2)C(=O)N1Cc1ccccc1F. The van der Waals surface area contributed by atoms with Gasteiger partial charge < -0.3 is 14.7 Å². The summed E-state index contributed by atoms with van der Waals surface area (Å²) >= 11 is 1.31. The molecule has 0 bridgehead atoms. The van der Waals surface area contributed by atoms with Crippen LogP contribution in [-0.4, -0.2) is 26.8 Å². The fourth-order valence-electron chi connectivity index (χ4n) is 3.19. The van der Waals surface area contributed by atoms with E-state index in [0.29, 0.717) is 16.0 Å². The van der Waals surface area contributed by atoms with Gasteiger partial charge in [-0.3, -0.25) is 9.69 Å². The molecule has 1 fully saturated rings. The molecule has 4 aromatic rings. The molecule has 154 valence electrons. The summed E-state index contributed by atoms with van der Waals surface area (Å²) in [6.07, 6.45) is 1.45. The second kappa shape index (κ2) is 7.77. The molecule has 0 aliphatic carbocycles. The average molecular weight is 434 g/mol. The molecule has 1 aliphatic heterocycles. The fraction of sp³-hybridized carbons (Fsp3) is 0.0455. The number of amides is 3. The van der Waals surface area contributed by atoms with E-state index >= 15 is 0 Å². The number of carbonyl (C=O) groups excluding carboxylic acids is 2. The molecule has 0 atom stereocenters. The van der Waals surface area contributed by atoms with Crippen LogP contribution in [0.15, 0.2) is 81.0 Å². The van der Waals surface area contributed by atoms with Crippen LogP contribution in [0.5, 0.6) is 0 Å². The number of aromatic amines is 1. The minimum absolute atomic E-state index is 0.0657. The van der Waals surface area contributed by atoms with Crippen LogP contribution in [0.3, 0.4) is 0 Å². The number of aromatic nitrogens is 2. The van der Waals surface area contributed by atoms with Crippen LogP contribution in [0.25, 0.3) is 17.1 Å². The van der Waals surface area contributed by atoms with Crippen molar-refractivity contribution in [2.24, 2.45) is 0 Å². The Morgan fingerprint density at radius 1 is 1.06 bits per heavy atom. The van der Waals surface area contributed by atoms with Gasteiger partial charge in [0.25, 0.3) is 5.91 Å². The Bertz CT molecular complexity index is 1310. The van der Waals surface area contributed by atoms with Crippen molar-refractivity contribution < 1.29 is 18.4 Å². The lowest BCUT2D eigenvalue weighted by molar-refractivity contribution is -0.123. The summed E-state index contributed by atoms with van der Waals surface area (Å²) in [6, 6.07) is 16.5. The van der Waals surface area contributed by atoms with Gasteiger partial charge in [0.05, 0.1) is 17.6 Å². The topological polar surface area (TPSA) is 91.2 Å². The van der Waals surface area contributed by atoms with Gasteiger partial charge in [0.15, 0.2) is 10.2 Å². The van der Waals surface area contributed by atoms with Crippen LogP contribution in [0.4, 0.5) is 9.18 Å². The summed E-state index contributed by atoms with van der Waals surface area (Å²) in [4.78, 5) is 33.5. The van der Waals surface area contributed by atoms with Crippen molar-refractivity contribution in [2.75, 3.05) is 0 Å². The van der Waals surface area contributed by atoms with Crippen molar-refractivity contribution in [3.05, 3.63) is 83.5 Å². The number of nitrogens with one attached hydrogen (secondary N) is 2. The molecule has 0 saturated carbocycles. The van der Waals surface area contributed by atoms with Gasteiger partial charge in [-0.15, -0.1) is 0 Å². The lowest BCUT2D eigenvalue weighted by Gasteiger charge is -2.12. The minimum atomic E-state index is -0.608. The van der Waals surface area contributed by atoms with E-state index in [-0.39, 0.29) is 17.8 Å². The summed E-state index contributed by atoms with van der Waals surface area (Å²) in [5.41, 5.74) is 2.10. The molecule has 2 aromatic carbocycles. The number of halogens is 1. The number of para-hydroxylation sites is 2. The van der Waals surface area contributed by atoms with E-state index in [9.17, 15) is 14.0 Å². The van der Waals surface area contributed by atoms with Crippen molar-refractivity contribution in [1.29, 1.82) is 0 Å². The molecular weight excluding hydrogens is 419 g/mol. The zero-order chi connectivity index (χ0) is 21.4. The summed E-state index contributed by atoms with van der Waals surface area (Å²) in [5.74, 6) is -0.620. The van der Waals surface area contributed by atoms with Gasteiger partial charge in [-0.25, -0.2) is 14.2 Å². The molecule has 3 heterocycles. The molecule has 0 unspecified atom stereocenters.